The van der Waals surface area contributed by atoms with Gasteiger partial charge in [-0.15, -0.1) is 0 Å². The average molecular weight is 465 g/mol. The maximum atomic E-state index is 9.15. The van der Waals surface area contributed by atoms with Gasteiger partial charge in [0.1, 0.15) is 18.0 Å². The minimum atomic E-state index is -0.148. The van der Waals surface area contributed by atoms with Gasteiger partial charge >= 0.3 is 0 Å². The van der Waals surface area contributed by atoms with Crippen LogP contribution >= 0.6 is 0 Å². The van der Waals surface area contributed by atoms with Crippen LogP contribution in [-0.4, -0.2) is 18.4 Å². The second-order valence-electron chi connectivity index (χ2n) is 8.99. The summed E-state index contributed by atoms with van der Waals surface area (Å²) in [5.74, 6) is 0.799. The summed E-state index contributed by atoms with van der Waals surface area (Å²) in [4.78, 5) is 4.09. The zero-order chi connectivity index (χ0) is 24.2. The minimum absolute atomic E-state index is 0.148. The standard InChI is InChI=1S/C30H28N2O3/c1-2-4-25-15-27(16-26-5-3-12-32-30(25)26)22-8-10-23(11-9-22)29-17-24-7-6-20(14-28(24)35-29)13-21(18-31)19-34-33/h6-11,13-17,32-33H,2-5,12,19H2,1H3/b21-13-. The number of nitriles is 1. The predicted octanol–water partition coefficient (Wildman–Crippen LogP) is 7.47. The van der Waals surface area contributed by atoms with E-state index < -0.39 is 0 Å². The van der Waals surface area contributed by atoms with E-state index >= 15 is 0 Å². The highest BCUT2D eigenvalue weighted by Crippen LogP contribution is 2.35. The number of furan rings is 1. The number of fused-ring (bicyclic) bond motifs is 2. The Bertz CT molecular complexity index is 1420. The van der Waals surface area contributed by atoms with Crippen molar-refractivity contribution in [1.82, 2.24) is 0 Å². The van der Waals surface area contributed by atoms with Crippen molar-refractivity contribution in [2.24, 2.45) is 0 Å². The fourth-order valence-corrected chi connectivity index (χ4v) is 4.80. The van der Waals surface area contributed by atoms with Crippen molar-refractivity contribution >= 4 is 22.7 Å². The Balaban J connectivity index is 1.43. The first-order chi connectivity index (χ1) is 17.2. The van der Waals surface area contributed by atoms with Crippen molar-refractivity contribution in [2.45, 2.75) is 32.6 Å². The summed E-state index contributed by atoms with van der Waals surface area (Å²) in [6.07, 6.45) is 6.20. The first kappa shape index (κ1) is 22.9. The van der Waals surface area contributed by atoms with Gasteiger partial charge in [-0.3, -0.25) is 5.26 Å². The second kappa shape index (κ2) is 10.2. The van der Waals surface area contributed by atoms with Crippen LogP contribution in [0.15, 0.2) is 70.7 Å². The summed E-state index contributed by atoms with van der Waals surface area (Å²) in [6.45, 7) is 3.14. The fraction of sp³-hybridized carbons (Fsp3) is 0.233. The molecule has 0 atom stereocenters. The van der Waals surface area contributed by atoms with Crippen LogP contribution in [0.5, 0.6) is 0 Å². The number of nitrogens with zero attached hydrogens (tertiary/aromatic N) is 1. The van der Waals surface area contributed by atoms with E-state index in [2.05, 4.69) is 53.5 Å². The highest BCUT2D eigenvalue weighted by molar-refractivity contribution is 5.85. The Kier molecular flexibility index (Phi) is 6.67. The largest absolute Gasteiger partial charge is 0.456 e. The van der Waals surface area contributed by atoms with Gasteiger partial charge in [-0.05, 0) is 77.4 Å². The Labute approximate surface area is 205 Å². The van der Waals surface area contributed by atoms with E-state index in [9.17, 15) is 0 Å². The van der Waals surface area contributed by atoms with Crippen molar-refractivity contribution in [3.05, 3.63) is 82.9 Å². The molecule has 5 heteroatoms. The van der Waals surface area contributed by atoms with Crippen LogP contribution in [0.25, 0.3) is 39.5 Å². The van der Waals surface area contributed by atoms with E-state index in [4.69, 9.17) is 14.9 Å². The fourth-order valence-electron chi connectivity index (χ4n) is 4.80. The number of rotatable bonds is 7. The van der Waals surface area contributed by atoms with E-state index in [1.54, 1.807) is 6.08 Å². The summed E-state index contributed by atoms with van der Waals surface area (Å²) in [5, 5.41) is 22.4. The van der Waals surface area contributed by atoms with Crippen LogP contribution in [0, 0.1) is 11.3 Å². The zero-order valence-electron chi connectivity index (χ0n) is 19.8. The predicted molar refractivity (Wildman–Crippen MR) is 140 cm³/mol. The topological polar surface area (TPSA) is 78.4 Å². The summed E-state index contributed by atoms with van der Waals surface area (Å²) in [5.41, 5.74) is 9.56. The van der Waals surface area contributed by atoms with Crippen molar-refractivity contribution in [3.63, 3.8) is 0 Å². The third-order valence-corrected chi connectivity index (χ3v) is 6.50. The molecule has 5 rings (SSSR count). The van der Waals surface area contributed by atoms with E-state index in [-0.39, 0.29) is 6.61 Å². The van der Waals surface area contributed by atoms with Gasteiger partial charge in [0.05, 0.1) is 11.6 Å². The summed E-state index contributed by atoms with van der Waals surface area (Å²) >= 11 is 0. The van der Waals surface area contributed by atoms with Crippen molar-refractivity contribution in [3.8, 4) is 28.5 Å². The van der Waals surface area contributed by atoms with E-state index in [1.807, 2.05) is 30.3 Å². The van der Waals surface area contributed by atoms with Gasteiger partial charge in [0, 0.05) is 23.2 Å². The van der Waals surface area contributed by atoms with Crippen molar-refractivity contribution in [1.29, 1.82) is 5.26 Å². The molecule has 0 amide bonds. The third-order valence-electron chi connectivity index (χ3n) is 6.50. The highest BCUT2D eigenvalue weighted by Gasteiger charge is 2.15. The molecule has 2 heterocycles. The molecule has 176 valence electrons. The molecule has 1 aliphatic rings. The van der Waals surface area contributed by atoms with Crippen LogP contribution in [0.4, 0.5) is 5.69 Å². The number of benzene rings is 3. The number of hydrogen-bond acceptors (Lipinski definition) is 5. The van der Waals surface area contributed by atoms with E-state index in [0.29, 0.717) is 5.57 Å². The molecular weight excluding hydrogens is 436 g/mol. The van der Waals surface area contributed by atoms with Gasteiger partial charge in [0.2, 0.25) is 0 Å². The normalized spacial score (nSPS) is 13.3. The number of hydrogen-bond donors (Lipinski definition) is 2. The molecule has 1 aromatic heterocycles. The van der Waals surface area contributed by atoms with Gasteiger partial charge in [0.25, 0.3) is 0 Å². The Morgan fingerprint density at radius 2 is 1.91 bits per heavy atom. The molecule has 0 spiro atoms. The maximum Gasteiger partial charge on any atom is 0.135 e. The van der Waals surface area contributed by atoms with E-state index in [0.717, 1.165) is 53.7 Å². The first-order valence-electron chi connectivity index (χ1n) is 12.1. The highest BCUT2D eigenvalue weighted by atomic mass is 17.1. The lowest BCUT2D eigenvalue weighted by Crippen LogP contribution is -2.14. The molecule has 0 fully saturated rings. The van der Waals surface area contributed by atoms with Crippen LogP contribution in [0.2, 0.25) is 0 Å². The molecule has 4 aromatic rings. The lowest BCUT2D eigenvalue weighted by molar-refractivity contribution is -0.233. The number of aryl methyl sites for hydroxylation is 2. The lowest BCUT2D eigenvalue weighted by atomic mass is 9.91. The molecule has 0 radical (unpaired) electrons. The summed E-state index contributed by atoms with van der Waals surface area (Å²) in [6, 6.07) is 23.0. The Hall–Kier alpha value is -3.85. The van der Waals surface area contributed by atoms with Gasteiger partial charge in [-0.2, -0.15) is 5.26 Å². The second-order valence-corrected chi connectivity index (χ2v) is 8.99. The van der Waals surface area contributed by atoms with Gasteiger partial charge in [0.15, 0.2) is 0 Å². The maximum absolute atomic E-state index is 9.15. The SMILES string of the molecule is CCCc1cc(-c2ccc(-c3cc4ccc(/C=C(/C#N)COO)cc4o3)cc2)cc2c1NCCC2. The van der Waals surface area contributed by atoms with Crippen molar-refractivity contribution in [2.75, 3.05) is 18.5 Å². The van der Waals surface area contributed by atoms with Crippen LogP contribution in [0.3, 0.4) is 0 Å². The lowest BCUT2D eigenvalue weighted by Gasteiger charge is -2.23. The molecule has 1 aliphatic heterocycles. The molecule has 2 N–H and O–H groups in total. The molecule has 0 saturated heterocycles. The van der Waals surface area contributed by atoms with Crippen LogP contribution < -0.4 is 5.32 Å². The third kappa shape index (κ3) is 4.85. The average Bonchev–Trinajstić information content (AvgIpc) is 3.32. The van der Waals surface area contributed by atoms with Crippen LogP contribution in [0.1, 0.15) is 36.5 Å². The number of anilines is 1. The molecule has 0 unspecified atom stereocenters. The van der Waals surface area contributed by atoms with Gasteiger partial charge < -0.3 is 9.73 Å². The Morgan fingerprint density at radius 3 is 2.69 bits per heavy atom. The molecule has 0 bridgehead atoms. The quantitative estimate of drug-likeness (QED) is 0.168. The van der Waals surface area contributed by atoms with Crippen LogP contribution in [-0.2, 0) is 17.7 Å². The van der Waals surface area contributed by atoms with Crippen molar-refractivity contribution < 1.29 is 14.6 Å². The smallest absolute Gasteiger partial charge is 0.135 e. The Morgan fingerprint density at radius 1 is 1.09 bits per heavy atom. The molecule has 0 saturated carbocycles. The first-order valence-corrected chi connectivity index (χ1v) is 12.1. The van der Waals surface area contributed by atoms with Gasteiger partial charge in [-0.25, -0.2) is 4.89 Å². The monoisotopic (exact) mass is 464 g/mol. The summed E-state index contributed by atoms with van der Waals surface area (Å²) < 4.78 is 6.14. The molecule has 5 nitrogen and oxygen atoms in total. The zero-order valence-corrected chi connectivity index (χ0v) is 19.8. The molecule has 3 aromatic carbocycles. The van der Waals surface area contributed by atoms with Gasteiger partial charge in [-0.1, -0.05) is 49.7 Å². The molecular formula is C30H28N2O3. The summed E-state index contributed by atoms with van der Waals surface area (Å²) in [7, 11) is 0. The number of nitrogens with one attached hydrogen (secondary N) is 1. The molecule has 35 heavy (non-hydrogen) atoms. The van der Waals surface area contributed by atoms with E-state index in [1.165, 1.54) is 34.4 Å². The molecule has 0 aliphatic carbocycles. The minimum Gasteiger partial charge on any atom is -0.456 e.